The van der Waals surface area contributed by atoms with Crippen LogP contribution in [0.2, 0.25) is 0 Å². The van der Waals surface area contributed by atoms with E-state index < -0.39 is 0 Å². The Hall–Kier alpha value is -2.82. The highest BCUT2D eigenvalue weighted by Gasteiger charge is 2.00. The molecule has 0 atom stereocenters. The number of carbonyl (C=O) groups is 1. The second-order valence-electron chi connectivity index (χ2n) is 5.24. The highest BCUT2D eigenvalue weighted by atomic mass is 16.5. The van der Waals surface area contributed by atoms with Gasteiger partial charge in [0.15, 0.2) is 0 Å². The van der Waals surface area contributed by atoms with E-state index in [0.29, 0.717) is 0 Å². The van der Waals surface area contributed by atoms with Gasteiger partial charge in [0.1, 0.15) is 5.75 Å². The van der Waals surface area contributed by atoms with Crippen LogP contribution in [0, 0.1) is 13.8 Å². The van der Waals surface area contributed by atoms with Crippen molar-refractivity contribution in [2.75, 3.05) is 19.0 Å². The van der Waals surface area contributed by atoms with E-state index in [-0.39, 0.29) is 12.5 Å². The maximum atomic E-state index is 11.8. The molecule has 0 radical (unpaired) electrons. The first-order valence-electron chi connectivity index (χ1n) is 7.35. The predicted molar refractivity (Wildman–Crippen MR) is 93.1 cm³/mol. The molecule has 2 aromatic rings. The molecule has 2 aromatic carbocycles. The van der Waals surface area contributed by atoms with E-state index in [1.807, 2.05) is 50.2 Å². The Morgan fingerprint density at radius 3 is 2.57 bits per heavy atom. The van der Waals surface area contributed by atoms with Crippen LogP contribution in [-0.4, -0.2) is 25.8 Å². The number of aryl methyl sites for hydroxylation is 2. The molecule has 0 aliphatic carbocycles. The number of nitrogens with one attached hydrogen (secondary N) is 2. The van der Waals surface area contributed by atoms with E-state index in [0.717, 1.165) is 22.6 Å². The van der Waals surface area contributed by atoms with Gasteiger partial charge in [-0.1, -0.05) is 23.8 Å². The minimum atomic E-state index is -0.207. The van der Waals surface area contributed by atoms with Crippen LogP contribution in [0.3, 0.4) is 0 Å². The lowest BCUT2D eigenvalue weighted by molar-refractivity contribution is -0.119. The minimum absolute atomic E-state index is 0.149. The Bertz CT molecular complexity index is 694. The summed E-state index contributed by atoms with van der Waals surface area (Å²) in [6.07, 6.45) is 1.65. The van der Waals surface area contributed by atoms with Crippen LogP contribution in [0.4, 0.5) is 5.69 Å². The molecule has 5 nitrogen and oxygen atoms in total. The van der Waals surface area contributed by atoms with Crippen molar-refractivity contribution in [3.05, 3.63) is 59.2 Å². The first-order valence-corrected chi connectivity index (χ1v) is 7.35. The summed E-state index contributed by atoms with van der Waals surface area (Å²) < 4.78 is 5.08. The van der Waals surface area contributed by atoms with Crippen molar-refractivity contribution in [2.45, 2.75) is 13.8 Å². The molecule has 120 valence electrons. The van der Waals surface area contributed by atoms with Gasteiger partial charge in [0.05, 0.1) is 19.9 Å². The predicted octanol–water partition coefficient (Wildman–Crippen LogP) is 2.87. The third-order valence-corrected chi connectivity index (χ3v) is 3.36. The zero-order chi connectivity index (χ0) is 16.7. The molecular weight excluding hydrogens is 290 g/mol. The maximum Gasteiger partial charge on any atom is 0.259 e. The normalized spacial score (nSPS) is 10.6. The van der Waals surface area contributed by atoms with Gasteiger partial charge in [0, 0.05) is 5.69 Å². The van der Waals surface area contributed by atoms with Crippen LogP contribution in [0.15, 0.2) is 47.6 Å². The standard InChI is InChI=1S/C18H21N3O2/c1-13-4-5-15(14(2)10-13)11-20-21-18(22)12-19-16-6-8-17(23-3)9-7-16/h4-11,19H,12H2,1-3H3,(H,21,22)/b20-11+. The molecular formula is C18H21N3O2. The monoisotopic (exact) mass is 311 g/mol. The number of hydrogen-bond donors (Lipinski definition) is 2. The SMILES string of the molecule is COc1ccc(NCC(=O)N/N=C/c2ccc(C)cc2C)cc1. The van der Waals surface area contributed by atoms with Crippen LogP contribution in [0.25, 0.3) is 0 Å². The van der Waals surface area contributed by atoms with Crippen molar-refractivity contribution >= 4 is 17.8 Å². The van der Waals surface area contributed by atoms with Crippen LogP contribution in [0.1, 0.15) is 16.7 Å². The van der Waals surface area contributed by atoms with E-state index in [4.69, 9.17) is 4.74 Å². The second kappa shape index (κ2) is 7.98. The number of hydrazone groups is 1. The molecule has 0 unspecified atom stereocenters. The second-order valence-corrected chi connectivity index (χ2v) is 5.24. The lowest BCUT2D eigenvalue weighted by Crippen LogP contribution is -2.25. The smallest absolute Gasteiger partial charge is 0.259 e. The van der Waals surface area contributed by atoms with Gasteiger partial charge in [-0.15, -0.1) is 0 Å². The van der Waals surface area contributed by atoms with Crippen LogP contribution in [0.5, 0.6) is 5.75 Å². The Kier molecular flexibility index (Phi) is 5.74. The maximum absolute atomic E-state index is 11.8. The number of anilines is 1. The van der Waals surface area contributed by atoms with Crippen LogP contribution in [-0.2, 0) is 4.79 Å². The lowest BCUT2D eigenvalue weighted by atomic mass is 10.1. The van der Waals surface area contributed by atoms with Crippen molar-refractivity contribution in [2.24, 2.45) is 5.10 Å². The Labute approximate surface area is 136 Å². The van der Waals surface area contributed by atoms with Crippen LogP contribution < -0.4 is 15.5 Å². The first kappa shape index (κ1) is 16.5. The minimum Gasteiger partial charge on any atom is -0.497 e. The van der Waals surface area contributed by atoms with E-state index in [9.17, 15) is 4.79 Å². The summed E-state index contributed by atoms with van der Waals surface area (Å²) in [5, 5.41) is 7.01. The summed E-state index contributed by atoms with van der Waals surface area (Å²) in [6, 6.07) is 13.4. The topological polar surface area (TPSA) is 62.7 Å². The molecule has 0 aromatic heterocycles. The average Bonchev–Trinajstić information content (AvgIpc) is 2.55. The Balaban J connectivity index is 1.81. The van der Waals surface area contributed by atoms with Crippen molar-refractivity contribution in [3.63, 3.8) is 0 Å². The molecule has 0 spiro atoms. The summed E-state index contributed by atoms with van der Waals surface area (Å²) in [5.74, 6) is 0.569. The number of hydrogen-bond acceptors (Lipinski definition) is 4. The molecule has 0 fully saturated rings. The summed E-state index contributed by atoms with van der Waals surface area (Å²) in [6.45, 7) is 4.21. The van der Waals surface area contributed by atoms with Crippen molar-refractivity contribution in [1.29, 1.82) is 0 Å². The number of nitrogens with zero attached hydrogens (tertiary/aromatic N) is 1. The average molecular weight is 311 g/mol. The summed E-state index contributed by atoms with van der Waals surface area (Å²) in [7, 11) is 1.61. The number of benzene rings is 2. The summed E-state index contributed by atoms with van der Waals surface area (Å²) in [5.41, 5.74) is 6.67. The zero-order valence-corrected chi connectivity index (χ0v) is 13.6. The van der Waals surface area contributed by atoms with Gasteiger partial charge in [-0.25, -0.2) is 5.43 Å². The molecule has 2 rings (SSSR count). The molecule has 0 aliphatic rings. The van der Waals surface area contributed by atoms with Crippen LogP contribution >= 0.6 is 0 Å². The van der Waals surface area contributed by atoms with E-state index in [1.54, 1.807) is 13.3 Å². The lowest BCUT2D eigenvalue weighted by Gasteiger charge is -2.06. The molecule has 0 saturated heterocycles. The molecule has 0 aliphatic heterocycles. The first-order chi connectivity index (χ1) is 11.1. The third kappa shape index (κ3) is 5.14. The van der Waals surface area contributed by atoms with E-state index in [2.05, 4.69) is 21.9 Å². The third-order valence-electron chi connectivity index (χ3n) is 3.36. The molecule has 0 saturated carbocycles. The van der Waals surface area contributed by atoms with Gasteiger partial charge in [-0.2, -0.15) is 5.10 Å². The van der Waals surface area contributed by atoms with Crippen molar-refractivity contribution in [1.82, 2.24) is 5.43 Å². The van der Waals surface area contributed by atoms with Crippen molar-refractivity contribution in [3.8, 4) is 5.75 Å². The fourth-order valence-electron chi connectivity index (χ4n) is 2.08. The summed E-state index contributed by atoms with van der Waals surface area (Å²) in [4.78, 5) is 11.8. The Morgan fingerprint density at radius 2 is 1.91 bits per heavy atom. The molecule has 1 amide bonds. The number of methoxy groups -OCH3 is 1. The van der Waals surface area contributed by atoms with E-state index in [1.165, 1.54) is 5.56 Å². The summed E-state index contributed by atoms with van der Waals surface area (Å²) >= 11 is 0. The highest BCUT2D eigenvalue weighted by molar-refractivity contribution is 5.85. The van der Waals surface area contributed by atoms with Gasteiger partial charge in [-0.05, 0) is 49.2 Å². The molecule has 23 heavy (non-hydrogen) atoms. The number of carbonyl (C=O) groups excluding carboxylic acids is 1. The molecule has 5 heteroatoms. The number of ether oxygens (including phenoxy) is 1. The fraction of sp³-hybridized carbons (Fsp3) is 0.222. The van der Waals surface area contributed by atoms with Gasteiger partial charge < -0.3 is 10.1 Å². The fourth-order valence-corrected chi connectivity index (χ4v) is 2.08. The number of amides is 1. The van der Waals surface area contributed by atoms with Gasteiger partial charge in [0.25, 0.3) is 5.91 Å². The van der Waals surface area contributed by atoms with Gasteiger partial charge in [0.2, 0.25) is 0 Å². The molecule has 2 N–H and O–H groups in total. The largest absolute Gasteiger partial charge is 0.497 e. The highest BCUT2D eigenvalue weighted by Crippen LogP contribution is 2.14. The Morgan fingerprint density at radius 1 is 1.17 bits per heavy atom. The number of rotatable bonds is 6. The van der Waals surface area contributed by atoms with Gasteiger partial charge in [-0.3, -0.25) is 4.79 Å². The molecule has 0 bridgehead atoms. The van der Waals surface area contributed by atoms with Crippen molar-refractivity contribution < 1.29 is 9.53 Å². The van der Waals surface area contributed by atoms with Gasteiger partial charge >= 0.3 is 0 Å². The zero-order valence-electron chi connectivity index (χ0n) is 13.6. The quantitative estimate of drug-likeness (QED) is 0.637. The van der Waals surface area contributed by atoms with E-state index >= 15 is 0 Å². The molecule has 0 heterocycles.